The molecule has 1 aliphatic rings. The Morgan fingerprint density at radius 1 is 0.800 bits per heavy atom. The van der Waals surface area contributed by atoms with Gasteiger partial charge in [0.2, 0.25) is 0 Å². The van der Waals surface area contributed by atoms with Gasteiger partial charge in [-0.05, 0) is 27.8 Å². The summed E-state index contributed by atoms with van der Waals surface area (Å²) in [5.41, 5.74) is 5.23. The van der Waals surface area contributed by atoms with Gasteiger partial charge in [-0.1, -0.05) is 78.9 Å². The van der Waals surface area contributed by atoms with Gasteiger partial charge in [0.25, 0.3) is 0 Å². The molecular formula is C27H26N2O6. The van der Waals surface area contributed by atoms with Crippen LogP contribution in [-0.4, -0.2) is 42.5 Å². The van der Waals surface area contributed by atoms with Crippen LogP contribution >= 0.6 is 0 Å². The molecule has 0 heterocycles. The summed E-state index contributed by atoms with van der Waals surface area (Å²) in [6, 6.07) is 24.3. The summed E-state index contributed by atoms with van der Waals surface area (Å²) in [4.78, 5) is 35.7. The van der Waals surface area contributed by atoms with Crippen molar-refractivity contribution >= 4 is 18.2 Å². The van der Waals surface area contributed by atoms with Crippen molar-refractivity contribution in [1.82, 2.24) is 10.6 Å². The Hall–Kier alpha value is -4.33. The van der Waals surface area contributed by atoms with Crippen LogP contribution in [0.15, 0.2) is 78.9 Å². The van der Waals surface area contributed by atoms with Crippen molar-refractivity contribution in [2.45, 2.75) is 25.0 Å². The highest BCUT2D eigenvalue weighted by Crippen LogP contribution is 2.44. The second-order valence-corrected chi connectivity index (χ2v) is 8.21. The SMILES string of the molecule is O=C(O)C[C@H](CNC(=O)OCC1c2ccccc2-c2ccccc21)NC(=O)OCc1ccccc1. The van der Waals surface area contributed by atoms with Crippen molar-refractivity contribution < 1.29 is 29.0 Å². The Morgan fingerprint density at radius 3 is 2.03 bits per heavy atom. The van der Waals surface area contributed by atoms with E-state index in [1.807, 2.05) is 66.7 Å². The van der Waals surface area contributed by atoms with Gasteiger partial charge in [-0.3, -0.25) is 4.79 Å². The van der Waals surface area contributed by atoms with Gasteiger partial charge in [0, 0.05) is 12.5 Å². The molecule has 0 saturated carbocycles. The Labute approximate surface area is 202 Å². The number of amides is 2. The number of carboxylic acid groups (broad SMARTS) is 1. The third-order valence-corrected chi connectivity index (χ3v) is 5.79. The van der Waals surface area contributed by atoms with E-state index >= 15 is 0 Å². The van der Waals surface area contributed by atoms with Crippen LogP contribution in [0.4, 0.5) is 9.59 Å². The molecule has 0 spiro atoms. The summed E-state index contributed by atoms with van der Waals surface area (Å²) < 4.78 is 10.6. The van der Waals surface area contributed by atoms with E-state index in [0.29, 0.717) is 0 Å². The summed E-state index contributed by atoms with van der Waals surface area (Å²) >= 11 is 0. The van der Waals surface area contributed by atoms with Gasteiger partial charge in [0.15, 0.2) is 0 Å². The molecular weight excluding hydrogens is 448 g/mol. The molecule has 0 radical (unpaired) electrons. The molecule has 0 aliphatic heterocycles. The fraction of sp³-hybridized carbons (Fsp3) is 0.222. The van der Waals surface area contributed by atoms with Crippen LogP contribution in [0.25, 0.3) is 11.1 Å². The number of alkyl carbamates (subject to hydrolysis) is 2. The molecule has 2 amide bonds. The quantitative estimate of drug-likeness (QED) is 0.426. The molecule has 1 atom stereocenters. The van der Waals surface area contributed by atoms with Crippen LogP contribution < -0.4 is 10.6 Å². The van der Waals surface area contributed by atoms with Gasteiger partial charge in [-0.15, -0.1) is 0 Å². The third kappa shape index (κ3) is 6.17. The lowest BCUT2D eigenvalue weighted by molar-refractivity contribution is -0.137. The van der Waals surface area contributed by atoms with Gasteiger partial charge in [-0.2, -0.15) is 0 Å². The molecule has 1 aliphatic carbocycles. The van der Waals surface area contributed by atoms with E-state index in [4.69, 9.17) is 14.6 Å². The van der Waals surface area contributed by atoms with E-state index < -0.39 is 24.2 Å². The molecule has 4 rings (SSSR count). The summed E-state index contributed by atoms with van der Waals surface area (Å²) in [7, 11) is 0. The van der Waals surface area contributed by atoms with Crippen molar-refractivity contribution in [2.24, 2.45) is 0 Å². The number of carboxylic acids is 1. The van der Waals surface area contributed by atoms with E-state index in [9.17, 15) is 14.4 Å². The highest BCUT2D eigenvalue weighted by Gasteiger charge is 2.29. The summed E-state index contributed by atoms with van der Waals surface area (Å²) in [5, 5.41) is 14.2. The molecule has 180 valence electrons. The molecule has 0 bridgehead atoms. The van der Waals surface area contributed by atoms with Gasteiger partial charge in [-0.25, -0.2) is 9.59 Å². The smallest absolute Gasteiger partial charge is 0.407 e. The fourth-order valence-corrected chi connectivity index (χ4v) is 4.17. The van der Waals surface area contributed by atoms with E-state index in [2.05, 4.69) is 10.6 Å². The zero-order valence-electron chi connectivity index (χ0n) is 19.0. The first-order valence-corrected chi connectivity index (χ1v) is 11.3. The lowest BCUT2D eigenvalue weighted by Gasteiger charge is -2.18. The van der Waals surface area contributed by atoms with Crippen molar-refractivity contribution in [2.75, 3.05) is 13.2 Å². The molecule has 8 heteroatoms. The first-order chi connectivity index (χ1) is 17.0. The van der Waals surface area contributed by atoms with Crippen molar-refractivity contribution in [1.29, 1.82) is 0 Å². The van der Waals surface area contributed by atoms with E-state index in [1.165, 1.54) is 0 Å². The standard InChI is InChI=1S/C27H26N2O6/c30-25(31)14-19(29-27(33)34-16-18-8-2-1-3-9-18)15-28-26(32)35-17-24-22-12-6-4-10-20(22)21-11-5-7-13-23(21)24/h1-13,19,24H,14-17H2,(H,28,32)(H,29,33)(H,30,31)/t19-/m1/s1. The van der Waals surface area contributed by atoms with Crippen molar-refractivity contribution in [3.63, 3.8) is 0 Å². The lowest BCUT2D eigenvalue weighted by Crippen LogP contribution is -2.45. The van der Waals surface area contributed by atoms with Crippen molar-refractivity contribution in [3.05, 3.63) is 95.6 Å². The number of carbonyl (C=O) groups is 3. The minimum Gasteiger partial charge on any atom is -0.481 e. The molecule has 0 unspecified atom stereocenters. The molecule has 0 saturated heterocycles. The largest absolute Gasteiger partial charge is 0.481 e. The normalized spacial score (nSPS) is 12.7. The van der Waals surface area contributed by atoms with Crippen LogP contribution in [0.3, 0.4) is 0 Å². The van der Waals surface area contributed by atoms with Crippen LogP contribution in [-0.2, 0) is 20.9 Å². The predicted octanol–water partition coefficient (Wildman–Crippen LogP) is 4.29. The number of nitrogens with one attached hydrogen (secondary N) is 2. The van der Waals surface area contributed by atoms with E-state index in [1.54, 1.807) is 12.1 Å². The average molecular weight is 475 g/mol. The molecule has 3 aromatic carbocycles. The Bertz CT molecular complexity index is 1150. The highest BCUT2D eigenvalue weighted by molar-refractivity contribution is 5.79. The zero-order valence-corrected chi connectivity index (χ0v) is 19.0. The number of carbonyl (C=O) groups excluding carboxylic acids is 2. The number of fused-ring (bicyclic) bond motifs is 3. The third-order valence-electron chi connectivity index (χ3n) is 5.79. The Balaban J connectivity index is 1.29. The maximum Gasteiger partial charge on any atom is 0.407 e. The summed E-state index contributed by atoms with van der Waals surface area (Å²) in [5.74, 6) is -1.21. The topological polar surface area (TPSA) is 114 Å². The molecule has 8 nitrogen and oxygen atoms in total. The predicted molar refractivity (Wildman–Crippen MR) is 129 cm³/mol. The zero-order chi connectivity index (χ0) is 24.6. The van der Waals surface area contributed by atoms with Crippen LogP contribution in [0, 0.1) is 0 Å². The van der Waals surface area contributed by atoms with Crippen LogP contribution in [0.2, 0.25) is 0 Å². The van der Waals surface area contributed by atoms with Gasteiger partial charge >= 0.3 is 18.2 Å². The van der Waals surface area contributed by atoms with Crippen LogP contribution in [0.5, 0.6) is 0 Å². The molecule has 0 aromatic heterocycles. The monoisotopic (exact) mass is 474 g/mol. The first kappa shape index (κ1) is 23.8. The van der Waals surface area contributed by atoms with Gasteiger partial charge in [0.05, 0.1) is 12.5 Å². The van der Waals surface area contributed by atoms with Gasteiger partial charge in [0.1, 0.15) is 13.2 Å². The lowest BCUT2D eigenvalue weighted by atomic mass is 9.98. The molecule has 3 aromatic rings. The fourth-order valence-electron chi connectivity index (χ4n) is 4.17. The maximum atomic E-state index is 12.4. The average Bonchev–Trinajstić information content (AvgIpc) is 3.19. The number of benzene rings is 3. The second kappa shape index (κ2) is 11.2. The molecule has 35 heavy (non-hydrogen) atoms. The number of aliphatic carboxylic acids is 1. The van der Waals surface area contributed by atoms with E-state index in [0.717, 1.165) is 27.8 Å². The number of hydrogen-bond donors (Lipinski definition) is 3. The minimum absolute atomic E-state index is 0.0479. The highest BCUT2D eigenvalue weighted by atomic mass is 16.6. The minimum atomic E-state index is -1.12. The second-order valence-electron chi connectivity index (χ2n) is 8.21. The van der Waals surface area contributed by atoms with Gasteiger partial charge < -0.3 is 25.2 Å². The molecule has 0 fully saturated rings. The maximum absolute atomic E-state index is 12.4. The molecule has 3 N–H and O–H groups in total. The van der Waals surface area contributed by atoms with E-state index in [-0.39, 0.29) is 32.1 Å². The Morgan fingerprint density at radius 2 is 1.40 bits per heavy atom. The Kier molecular flexibility index (Phi) is 7.62. The number of rotatable bonds is 9. The number of hydrogen-bond acceptors (Lipinski definition) is 5. The first-order valence-electron chi connectivity index (χ1n) is 11.3. The van der Waals surface area contributed by atoms with Crippen molar-refractivity contribution in [3.8, 4) is 11.1 Å². The summed E-state index contributed by atoms with van der Waals surface area (Å²) in [6.07, 6.45) is -1.85. The van der Waals surface area contributed by atoms with Crippen LogP contribution in [0.1, 0.15) is 29.0 Å². The number of ether oxygens (including phenoxy) is 2. The summed E-state index contributed by atoms with van der Waals surface area (Å²) in [6.45, 7) is 0.0612.